The number of hydrogen-bond acceptors (Lipinski definition) is 5. The Morgan fingerprint density at radius 2 is 1.90 bits per heavy atom. The zero-order valence-corrected chi connectivity index (χ0v) is 18.1. The number of hydrogen-bond donors (Lipinski definition) is 2. The summed E-state index contributed by atoms with van der Waals surface area (Å²) in [6, 6.07) is 7.98. The van der Waals surface area contributed by atoms with Gasteiger partial charge in [0, 0.05) is 49.7 Å². The van der Waals surface area contributed by atoms with E-state index in [-0.39, 0.29) is 23.5 Å². The number of carbonyl (C=O) groups is 1. The fourth-order valence-electron chi connectivity index (χ4n) is 4.02. The molecule has 1 aromatic heterocycles. The lowest BCUT2D eigenvalue weighted by Gasteiger charge is -2.35. The molecule has 0 saturated carbocycles. The normalized spacial score (nSPS) is 14.4. The maximum absolute atomic E-state index is 12.5. The molecule has 7 nitrogen and oxygen atoms in total. The Morgan fingerprint density at radius 3 is 2.53 bits per heavy atom. The largest absolute Gasteiger partial charge is 0.369 e. The van der Waals surface area contributed by atoms with Crippen molar-refractivity contribution in [1.82, 2.24) is 9.88 Å². The fraction of sp³-hybridized carbons (Fsp3) is 0.435. The lowest BCUT2D eigenvalue weighted by molar-refractivity contribution is -0.116. The van der Waals surface area contributed by atoms with Gasteiger partial charge in [0.2, 0.25) is 5.91 Å². The van der Waals surface area contributed by atoms with E-state index in [0.29, 0.717) is 17.7 Å². The molecule has 1 fully saturated rings. The molecule has 0 atom stereocenters. The van der Waals surface area contributed by atoms with Gasteiger partial charge in [-0.3, -0.25) is 9.59 Å². The van der Waals surface area contributed by atoms with Crippen LogP contribution in [0.2, 0.25) is 0 Å². The summed E-state index contributed by atoms with van der Waals surface area (Å²) >= 11 is 0. The molecule has 2 N–H and O–H groups in total. The minimum Gasteiger partial charge on any atom is -0.369 e. The molecular formula is C23H29N5O2. The molecule has 2 aromatic rings. The number of rotatable bonds is 5. The van der Waals surface area contributed by atoms with Crippen molar-refractivity contribution in [3.63, 3.8) is 0 Å². The first-order valence-corrected chi connectivity index (χ1v) is 10.3. The molecule has 30 heavy (non-hydrogen) atoms. The molecule has 0 aliphatic carbocycles. The summed E-state index contributed by atoms with van der Waals surface area (Å²) in [5.41, 5.74) is 5.08. The van der Waals surface area contributed by atoms with Crippen molar-refractivity contribution in [1.29, 1.82) is 5.26 Å². The molecule has 158 valence electrons. The highest BCUT2D eigenvalue weighted by atomic mass is 16.1. The third kappa shape index (κ3) is 4.71. The first kappa shape index (κ1) is 21.6. The highest BCUT2D eigenvalue weighted by Gasteiger charge is 2.17. The van der Waals surface area contributed by atoms with E-state index in [9.17, 15) is 14.9 Å². The smallest absolute Gasteiger partial charge is 0.266 e. The van der Waals surface area contributed by atoms with E-state index < -0.39 is 0 Å². The number of aromatic amines is 1. The van der Waals surface area contributed by atoms with Crippen molar-refractivity contribution in [2.75, 3.05) is 43.4 Å². The molecule has 1 aromatic carbocycles. The van der Waals surface area contributed by atoms with E-state index in [1.165, 1.54) is 5.69 Å². The molecule has 0 spiro atoms. The average molecular weight is 408 g/mol. The minimum absolute atomic E-state index is 0.0924. The van der Waals surface area contributed by atoms with Crippen LogP contribution in [0.5, 0.6) is 0 Å². The molecule has 3 rings (SSSR count). The van der Waals surface area contributed by atoms with E-state index in [1.54, 1.807) is 13.8 Å². The number of aromatic nitrogens is 1. The maximum atomic E-state index is 12.5. The van der Waals surface area contributed by atoms with Crippen LogP contribution in [-0.4, -0.2) is 49.0 Å². The monoisotopic (exact) mass is 407 g/mol. The van der Waals surface area contributed by atoms with E-state index in [4.69, 9.17) is 0 Å². The van der Waals surface area contributed by atoms with E-state index in [1.807, 2.05) is 18.2 Å². The predicted octanol–water partition coefficient (Wildman–Crippen LogP) is 2.49. The third-order valence-corrected chi connectivity index (χ3v) is 5.85. The Hall–Kier alpha value is -3.11. The van der Waals surface area contributed by atoms with E-state index in [2.05, 4.69) is 40.1 Å². The van der Waals surface area contributed by atoms with Crippen LogP contribution in [0.3, 0.4) is 0 Å². The number of pyridine rings is 1. The highest BCUT2D eigenvalue weighted by molar-refractivity contribution is 5.91. The summed E-state index contributed by atoms with van der Waals surface area (Å²) in [4.78, 5) is 31.8. The zero-order valence-electron chi connectivity index (χ0n) is 18.1. The number of H-pyrrole nitrogens is 1. The van der Waals surface area contributed by atoms with E-state index in [0.717, 1.165) is 43.0 Å². The Bertz CT molecular complexity index is 1040. The molecule has 1 saturated heterocycles. The van der Waals surface area contributed by atoms with Gasteiger partial charge in [0.05, 0.1) is 0 Å². The lowest BCUT2D eigenvalue weighted by atomic mass is 9.99. The number of nitrogens with zero attached hydrogens (tertiary/aromatic N) is 3. The molecule has 7 heteroatoms. The van der Waals surface area contributed by atoms with Gasteiger partial charge in [-0.15, -0.1) is 0 Å². The molecule has 0 unspecified atom stereocenters. The third-order valence-electron chi connectivity index (χ3n) is 5.85. The summed E-state index contributed by atoms with van der Waals surface area (Å²) in [7, 11) is 2.14. The number of likely N-dealkylation sites (N-methyl/N-ethyl adjacent to an activating group) is 1. The van der Waals surface area contributed by atoms with Gasteiger partial charge in [0.25, 0.3) is 5.56 Å². The number of anilines is 2. The molecule has 0 radical (unpaired) electrons. The van der Waals surface area contributed by atoms with Crippen LogP contribution in [-0.2, 0) is 11.2 Å². The summed E-state index contributed by atoms with van der Waals surface area (Å²) < 4.78 is 0. The predicted molar refractivity (Wildman–Crippen MR) is 119 cm³/mol. The first-order valence-electron chi connectivity index (χ1n) is 10.3. The number of nitriles is 1. The maximum Gasteiger partial charge on any atom is 0.266 e. The SMILES string of the molecule is Cc1cc(NC(=O)CCc2c(C)[nH]c(=O)c(C#N)c2C)ccc1N1CCN(C)CC1. The molecule has 0 bridgehead atoms. The number of benzene rings is 1. The van der Waals surface area contributed by atoms with Crippen molar-refractivity contribution in [2.45, 2.75) is 33.6 Å². The molecule has 1 aliphatic heterocycles. The van der Waals surface area contributed by atoms with Gasteiger partial charge in [-0.05, 0) is 69.1 Å². The van der Waals surface area contributed by atoms with Gasteiger partial charge in [-0.25, -0.2) is 0 Å². The van der Waals surface area contributed by atoms with Gasteiger partial charge in [0.1, 0.15) is 11.6 Å². The zero-order chi connectivity index (χ0) is 21.8. The van der Waals surface area contributed by atoms with Crippen molar-refractivity contribution in [3.8, 4) is 6.07 Å². The first-order chi connectivity index (χ1) is 14.3. The van der Waals surface area contributed by atoms with Crippen LogP contribution in [0.4, 0.5) is 11.4 Å². The van der Waals surface area contributed by atoms with Crippen molar-refractivity contribution < 1.29 is 4.79 Å². The molecular weight excluding hydrogens is 378 g/mol. The number of amides is 1. The topological polar surface area (TPSA) is 92.2 Å². The summed E-state index contributed by atoms with van der Waals surface area (Å²) in [5, 5.41) is 12.2. The Balaban J connectivity index is 1.64. The second-order valence-electron chi connectivity index (χ2n) is 8.01. The van der Waals surface area contributed by atoms with Gasteiger partial charge in [0.15, 0.2) is 0 Å². The Morgan fingerprint density at radius 1 is 1.20 bits per heavy atom. The summed E-state index contributed by atoms with van der Waals surface area (Å²) in [5.74, 6) is -0.0924. The molecule has 2 heterocycles. The quantitative estimate of drug-likeness (QED) is 0.795. The van der Waals surface area contributed by atoms with Gasteiger partial charge < -0.3 is 20.1 Å². The van der Waals surface area contributed by atoms with Crippen molar-refractivity contribution >= 4 is 17.3 Å². The van der Waals surface area contributed by atoms with Gasteiger partial charge >= 0.3 is 0 Å². The number of carbonyl (C=O) groups excluding carboxylic acids is 1. The van der Waals surface area contributed by atoms with Crippen LogP contribution >= 0.6 is 0 Å². The molecule has 1 aliphatic rings. The summed E-state index contributed by atoms with van der Waals surface area (Å²) in [6.45, 7) is 9.73. The van der Waals surface area contributed by atoms with Gasteiger partial charge in [-0.2, -0.15) is 5.26 Å². The van der Waals surface area contributed by atoms with Crippen LogP contribution in [0, 0.1) is 32.1 Å². The standard InChI is InChI=1S/C23H29N5O2/c1-15-13-18(5-7-21(15)28-11-9-27(4)10-12-28)26-22(29)8-6-19-16(2)20(14-24)23(30)25-17(19)3/h5,7,13H,6,8-12H2,1-4H3,(H,25,30)(H,26,29). The second-order valence-corrected chi connectivity index (χ2v) is 8.01. The minimum atomic E-state index is -0.378. The Labute approximate surface area is 177 Å². The van der Waals surface area contributed by atoms with Crippen LogP contribution in [0.15, 0.2) is 23.0 Å². The highest BCUT2D eigenvalue weighted by Crippen LogP contribution is 2.25. The van der Waals surface area contributed by atoms with Gasteiger partial charge in [-0.1, -0.05) is 0 Å². The molecule has 1 amide bonds. The number of aryl methyl sites for hydroxylation is 2. The Kier molecular flexibility index (Phi) is 6.58. The average Bonchev–Trinajstić information content (AvgIpc) is 2.69. The summed E-state index contributed by atoms with van der Waals surface area (Å²) in [6.07, 6.45) is 0.741. The number of nitrogens with one attached hydrogen (secondary N) is 2. The fourth-order valence-corrected chi connectivity index (χ4v) is 4.02. The lowest BCUT2D eigenvalue weighted by Crippen LogP contribution is -2.44. The van der Waals surface area contributed by atoms with Crippen LogP contribution in [0.25, 0.3) is 0 Å². The van der Waals surface area contributed by atoms with Crippen molar-refractivity contribution in [2.24, 2.45) is 0 Å². The van der Waals surface area contributed by atoms with E-state index >= 15 is 0 Å². The number of piperazine rings is 1. The second kappa shape index (κ2) is 9.14. The van der Waals surface area contributed by atoms with Crippen LogP contribution in [0.1, 0.15) is 34.4 Å². The van der Waals surface area contributed by atoms with Crippen LogP contribution < -0.4 is 15.8 Å². The van der Waals surface area contributed by atoms with Crippen molar-refractivity contribution in [3.05, 3.63) is 56.5 Å².